The Hall–Kier alpha value is -0.680. The molecule has 2 atom stereocenters. The van der Waals surface area contributed by atoms with Gasteiger partial charge >= 0.3 is 0 Å². The first kappa shape index (κ1) is 11.4. The standard InChI is InChI=1S/C9H16N2O2S/c1-6(8(10)14)9(12)11-7-3-2-4-13-5-7/h6-7H,2-5H2,1H3,(H2,10,14)(H,11,12). The summed E-state index contributed by atoms with van der Waals surface area (Å²) in [6, 6.07) is 0.119. The number of amides is 1. The smallest absolute Gasteiger partial charge is 0.229 e. The van der Waals surface area contributed by atoms with E-state index in [-0.39, 0.29) is 16.9 Å². The van der Waals surface area contributed by atoms with Crippen LogP contribution >= 0.6 is 12.2 Å². The number of carbonyl (C=O) groups excluding carboxylic acids is 1. The van der Waals surface area contributed by atoms with Gasteiger partial charge in [0.05, 0.1) is 23.6 Å². The van der Waals surface area contributed by atoms with E-state index in [1.807, 2.05) is 0 Å². The molecule has 1 aliphatic rings. The highest BCUT2D eigenvalue weighted by Crippen LogP contribution is 2.07. The lowest BCUT2D eigenvalue weighted by atomic mass is 10.1. The van der Waals surface area contributed by atoms with Gasteiger partial charge in [0.2, 0.25) is 5.91 Å². The van der Waals surface area contributed by atoms with Crippen molar-refractivity contribution in [3.63, 3.8) is 0 Å². The zero-order valence-electron chi connectivity index (χ0n) is 8.29. The Morgan fingerprint density at radius 2 is 2.43 bits per heavy atom. The van der Waals surface area contributed by atoms with Crippen molar-refractivity contribution in [3.05, 3.63) is 0 Å². The van der Waals surface area contributed by atoms with E-state index in [4.69, 9.17) is 22.7 Å². The SMILES string of the molecule is CC(C(=O)NC1CCCOC1)C(N)=S. The molecule has 4 nitrogen and oxygen atoms in total. The summed E-state index contributed by atoms with van der Waals surface area (Å²) in [5.41, 5.74) is 5.38. The van der Waals surface area contributed by atoms with Gasteiger partial charge in [0.15, 0.2) is 0 Å². The minimum atomic E-state index is -0.396. The van der Waals surface area contributed by atoms with Gasteiger partial charge in [-0.2, -0.15) is 0 Å². The summed E-state index contributed by atoms with van der Waals surface area (Å²) in [6.45, 7) is 3.09. The maximum Gasteiger partial charge on any atom is 0.229 e. The average Bonchev–Trinajstić information content (AvgIpc) is 2.18. The van der Waals surface area contributed by atoms with E-state index in [1.54, 1.807) is 6.92 Å². The average molecular weight is 216 g/mol. The van der Waals surface area contributed by atoms with Crippen LogP contribution in [0.1, 0.15) is 19.8 Å². The molecule has 80 valence electrons. The van der Waals surface area contributed by atoms with Crippen LogP contribution in [0.2, 0.25) is 0 Å². The molecule has 1 saturated heterocycles. The molecule has 1 rings (SSSR count). The molecular weight excluding hydrogens is 200 g/mol. The molecule has 1 amide bonds. The van der Waals surface area contributed by atoms with Gasteiger partial charge in [-0.1, -0.05) is 12.2 Å². The molecular formula is C9H16N2O2S. The molecule has 0 aromatic carbocycles. The largest absolute Gasteiger partial charge is 0.393 e. The topological polar surface area (TPSA) is 64.3 Å². The van der Waals surface area contributed by atoms with Gasteiger partial charge in [0, 0.05) is 6.61 Å². The van der Waals surface area contributed by atoms with Crippen LogP contribution in [-0.4, -0.2) is 30.2 Å². The first-order chi connectivity index (χ1) is 6.61. The molecule has 3 N–H and O–H groups in total. The summed E-state index contributed by atoms with van der Waals surface area (Å²) >= 11 is 4.75. The lowest BCUT2D eigenvalue weighted by molar-refractivity contribution is -0.124. The Labute approximate surface area is 89.2 Å². The van der Waals surface area contributed by atoms with Crippen LogP contribution in [0.5, 0.6) is 0 Å². The zero-order valence-corrected chi connectivity index (χ0v) is 9.10. The Balaban J connectivity index is 2.35. The first-order valence-electron chi connectivity index (χ1n) is 4.78. The number of rotatable bonds is 3. The summed E-state index contributed by atoms with van der Waals surface area (Å²) in [5, 5.41) is 2.87. The molecule has 0 aromatic rings. The summed E-state index contributed by atoms with van der Waals surface area (Å²) < 4.78 is 5.24. The fourth-order valence-electron chi connectivity index (χ4n) is 1.31. The van der Waals surface area contributed by atoms with Crippen molar-refractivity contribution in [2.45, 2.75) is 25.8 Å². The third kappa shape index (κ3) is 3.23. The Morgan fingerprint density at radius 3 is 2.93 bits per heavy atom. The minimum Gasteiger partial charge on any atom is -0.393 e. The quantitative estimate of drug-likeness (QED) is 0.662. The summed E-state index contributed by atoms with van der Waals surface area (Å²) in [5.74, 6) is -0.500. The van der Waals surface area contributed by atoms with Crippen LogP contribution in [0.15, 0.2) is 0 Å². The highest BCUT2D eigenvalue weighted by atomic mass is 32.1. The van der Waals surface area contributed by atoms with E-state index in [9.17, 15) is 4.79 Å². The fraction of sp³-hybridized carbons (Fsp3) is 0.778. The third-order valence-corrected chi connectivity index (χ3v) is 2.68. The van der Waals surface area contributed by atoms with Crippen molar-refractivity contribution in [1.29, 1.82) is 0 Å². The van der Waals surface area contributed by atoms with Gasteiger partial charge in [0.1, 0.15) is 0 Å². The van der Waals surface area contributed by atoms with Gasteiger partial charge in [-0.05, 0) is 19.8 Å². The van der Waals surface area contributed by atoms with Crippen LogP contribution in [0.25, 0.3) is 0 Å². The number of carbonyl (C=O) groups is 1. The fourth-order valence-corrected chi connectivity index (χ4v) is 1.42. The number of nitrogens with one attached hydrogen (secondary N) is 1. The van der Waals surface area contributed by atoms with Crippen molar-refractivity contribution in [2.24, 2.45) is 11.7 Å². The molecule has 5 heteroatoms. The predicted molar refractivity (Wildman–Crippen MR) is 57.9 cm³/mol. The Kier molecular flexibility index (Phi) is 4.28. The molecule has 1 fully saturated rings. The number of hydrogen-bond donors (Lipinski definition) is 2. The summed E-state index contributed by atoms with van der Waals surface area (Å²) in [4.78, 5) is 11.8. The molecule has 0 bridgehead atoms. The molecule has 0 spiro atoms. The van der Waals surface area contributed by atoms with Crippen LogP contribution in [0.3, 0.4) is 0 Å². The lowest BCUT2D eigenvalue weighted by Gasteiger charge is -2.24. The molecule has 0 radical (unpaired) electrons. The van der Waals surface area contributed by atoms with Crippen LogP contribution in [0.4, 0.5) is 0 Å². The Bertz CT molecular complexity index is 227. The minimum absolute atomic E-state index is 0.104. The van der Waals surface area contributed by atoms with Crippen molar-refractivity contribution in [3.8, 4) is 0 Å². The maximum atomic E-state index is 11.5. The molecule has 1 heterocycles. The second-order valence-electron chi connectivity index (χ2n) is 3.55. The van der Waals surface area contributed by atoms with E-state index in [2.05, 4.69) is 5.32 Å². The lowest BCUT2D eigenvalue weighted by Crippen LogP contribution is -2.45. The van der Waals surface area contributed by atoms with Crippen LogP contribution in [-0.2, 0) is 9.53 Å². The predicted octanol–water partition coefficient (Wildman–Crippen LogP) is 0.204. The van der Waals surface area contributed by atoms with Gasteiger partial charge < -0.3 is 15.8 Å². The van der Waals surface area contributed by atoms with E-state index >= 15 is 0 Å². The van der Waals surface area contributed by atoms with Gasteiger partial charge in [-0.15, -0.1) is 0 Å². The number of thiocarbonyl (C=S) groups is 1. The first-order valence-corrected chi connectivity index (χ1v) is 5.19. The van der Waals surface area contributed by atoms with Crippen molar-refractivity contribution < 1.29 is 9.53 Å². The van der Waals surface area contributed by atoms with E-state index < -0.39 is 5.92 Å². The molecule has 0 saturated carbocycles. The number of nitrogens with two attached hydrogens (primary N) is 1. The van der Waals surface area contributed by atoms with Crippen LogP contribution in [0, 0.1) is 5.92 Å². The third-order valence-electron chi connectivity index (χ3n) is 2.33. The van der Waals surface area contributed by atoms with E-state index in [1.165, 1.54) is 0 Å². The highest BCUT2D eigenvalue weighted by molar-refractivity contribution is 7.80. The van der Waals surface area contributed by atoms with Crippen LogP contribution < -0.4 is 11.1 Å². The van der Waals surface area contributed by atoms with Crippen molar-refractivity contribution in [2.75, 3.05) is 13.2 Å². The number of hydrogen-bond acceptors (Lipinski definition) is 3. The van der Waals surface area contributed by atoms with Crippen molar-refractivity contribution >= 4 is 23.1 Å². The summed E-state index contributed by atoms with van der Waals surface area (Å²) in [6.07, 6.45) is 1.96. The zero-order chi connectivity index (χ0) is 10.6. The van der Waals surface area contributed by atoms with Gasteiger partial charge in [-0.25, -0.2) is 0 Å². The highest BCUT2D eigenvalue weighted by Gasteiger charge is 2.21. The van der Waals surface area contributed by atoms with Crippen molar-refractivity contribution in [1.82, 2.24) is 5.32 Å². The molecule has 14 heavy (non-hydrogen) atoms. The normalized spacial score (nSPS) is 23.9. The molecule has 0 aliphatic carbocycles. The molecule has 0 aromatic heterocycles. The second kappa shape index (κ2) is 5.26. The Morgan fingerprint density at radius 1 is 1.71 bits per heavy atom. The van der Waals surface area contributed by atoms with E-state index in [0.29, 0.717) is 6.61 Å². The number of ether oxygens (including phenoxy) is 1. The van der Waals surface area contributed by atoms with E-state index in [0.717, 1.165) is 19.4 Å². The maximum absolute atomic E-state index is 11.5. The summed E-state index contributed by atoms with van der Waals surface area (Å²) in [7, 11) is 0. The molecule has 2 unspecified atom stereocenters. The van der Waals surface area contributed by atoms with Gasteiger partial charge in [-0.3, -0.25) is 4.79 Å². The van der Waals surface area contributed by atoms with Gasteiger partial charge in [0.25, 0.3) is 0 Å². The monoisotopic (exact) mass is 216 g/mol. The second-order valence-corrected chi connectivity index (χ2v) is 4.02. The molecule has 1 aliphatic heterocycles.